The zero-order valence-electron chi connectivity index (χ0n) is 11.1. The van der Waals surface area contributed by atoms with E-state index in [0.717, 1.165) is 18.8 Å². The predicted octanol–water partition coefficient (Wildman–Crippen LogP) is 2.77. The minimum atomic E-state index is 0.448. The molecule has 0 atom stereocenters. The van der Waals surface area contributed by atoms with Crippen molar-refractivity contribution in [2.75, 3.05) is 13.2 Å². The second-order valence-corrected chi connectivity index (χ2v) is 5.02. The maximum atomic E-state index is 6.01. The lowest BCUT2D eigenvalue weighted by Gasteiger charge is -2.08. The first-order chi connectivity index (χ1) is 9.69. The summed E-state index contributed by atoms with van der Waals surface area (Å²) in [6.45, 7) is 4.72. The lowest BCUT2D eigenvalue weighted by Crippen LogP contribution is -2.12. The van der Waals surface area contributed by atoms with Crippen LogP contribution in [0.4, 0.5) is 0 Å². The molecule has 1 aromatic heterocycles. The summed E-state index contributed by atoms with van der Waals surface area (Å²) < 4.78 is 7.33. The summed E-state index contributed by atoms with van der Waals surface area (Å²) in [6, 6.07) is 5.13. The van der Waals surface area contributed by atoms with Gasteiger partial charge in [-0.3, -0.25) is 0 Å². The molecule has 0 aliphatic heterocycles. The Bertz CT molecular complexity index is 559. The summed E-state index contributed by atoms with van der Waals surface area (Å²) in [5.41, 5.74) is 0.910. The minimum absolute atomic E-state index is 0.448. The van der Waals surface area contributed by atoms with E-state index in [1.165, 1.54) is 0 Å². The summed E-state index contributed by atoms with van der Waals surface area (Å²) in [7, 11) is 0. The summed E-state index contributed by atoms with van der Waals surface area (Å²) in [6.07, 6.45) is 1.89. The zero-order valence-corrected chi connectivity index (χ0v) is 12.7. The molecule has 0 unspecified atom stereocenters. The van der Waals surface area contributed by atoms with E-state index in [2.05, 4.69) is 15.6 Å². The first-order valence-electron chi connectivity index (χ1n) is 6.36. The van der Waals surface area contributed by atoms with Gasteiger partial charge in [-0.05, 0) is 18.7 Å². The molecule has 0 radical (unpaired) electrons. The van der Waals surface area contributed by atoms with Crippen molar-refractivity contribution < 1.29 is 4.74 Å². The Morgan fingerprint density at radius 2 is 2.20 bits per heavy atom. The van der Waals surface area contributed by atoms with Crippen molar-refractivity contribution in [1.82, 2.24) is 20.3 Å². The maximum Gasteiger partial charge on any atom is 0.139 e. The van der Waals surface area contributed by atoms with Crippen LogP contribution >= 0.6 is 23.2 Å². The average molecular weight is 315 g/mol. The summed E-state index contributed by atoms with van der Waals surface area (Å²) in [4.78, 5) is 0. The van der Waals surface area contributed by atoms with Gasteiger partial charge in [0.25, 0.3) is 0 Å². The number of ether oxygens (including phenoxy) is 1. The van der Waals surface area contributed by atoms with E-state index in [-0.39, 0.29) is 0 Å². The second-order valence-electron chi connectivity index (χ2n) is 4.18. The third-order valence-electron chi connectivity index (χ3n) is 2.61. The van der Waals surface area contributed by atoms with Crippen LogP contribution in [0.25, 0.3) is 0 Å². The standard InChI is InChI=1S/C13H16Cl2N4O/c1-2-16-8-11-9-19(18-17-11)5-6-20-13-7-10(14)3-4-12(13)15/h3-4,7,9,16H,2,5-6,8H2,1H3. The van der Waals surface area contributed by atoms with Gasteiger partial charge in [0.15, 0.2) is 0 Å². The number of nitrogens with one attached hydrogen (secondary N) is 1. The molecule has 0 amide bonds. The van der Waals surface area contributed by atoms with E-state index >= 15 is 0 Å². The van der Waals surface area contributed by atoms with Crippen LogP contribution in [-0.4, -0.2) is 28.1 Å². The number of hydrogen-bond acceptors (Lipinski definition) is 4. The summed E-state index contributed by atoms with van der Waals surface area (Å²) in [5.74, 6) is 0.576. The van der Waals surface area contributed by atoms with Crippen molar-refractivity contribution in [3.05, 3.63) is 40.1 Å². The zero-order chi connectivity index (χ0) is 14.4. The SMILES string of the molecule is CCNCc1cn(CCOc2cc(Cl)ccc2Cl)nn1. The number of halogens is 2. The third kappa shape index (κ3) is 4.37. The number of aromatic nitrogens is 3. The normalized spacial score (nSPS) is 10.8. The van der Waals surface area contributed by atoms with E-state index < -0.39 is 0 Å². The molecule has 0 saturated carbocycles. The van der Waals surface area contributed by atoms with Crippen LogP contribution < -0.4 is 10.1 Å². The fraction of sp³-hybridized carbons (Fsp3) is 0.385. The van der Waals surface area contributed by atoms with Gasteiger partial charge in [0, 0.05) is 23.8 Å². The molecule has 5 nitrogen and oxygen atoms in total. The third-order valence-corrected chi connectivity index (χ3v) is 3.16. The Morgan fingerprint density at radius 1 is 1.35 bits per heavy atom. The van der Waals surface area contributed by atoms with Crippen molar-refractivity contribution in [3.63, 3.8) is 0 Å². The Kier molecular flexibility index (Phi) is 5.64. The Balaban J connectivity index is 1.83. The molecule has 1 aromatic carbocycles. The molecule has 7 heteroatoms. The highest BCUT2D eigenvalue weighted by atomic mass is 35.5. The average Bonchev–Trinajstić information content (AvgIpc) is 2.88. The molecule has 2 rings (SSSR count). The van der Waals surface area contributed by atoms with Gasteiger partial charge in [-0.15, -0.1) is 5.10 Å². The molecule has 0 spiro atoms. The second kappa shape index (κ2) is 7.47. The number of benzene rings is 1. The van der Waals surface area contributed by atoms with Crippen molar-refractivity contribution in [2.45, 2.75) is 20.0 Å². The largest absolute Gasteiger partial charge is 0.490 e. The highest BCUT2D eigenvalue weighted by Gasteiger charge is 2.04. The fourth-order valence-corrected chi connectivity index (χ4v) is 1.95. The van der Waals surface area contributed by atoms with Crippen LogP contribution in [0.3, 0.4) is 0 Å². The molecule has 0 bridgehead atoms. The highest BCUT2D eigenvalue weighted by Crippen LogP contribution is 2.27. The van der Waals surface area contributed by atoms with Crippen LogP contribution in [0.5, 0.6) is 5.75 Å². The molecule has 20 heavy (non-hydrogen) atoms. The molecule has 0 saturated heterocycles. The van der Waals surface area contributed by atoms with Crippen LogP contribution in [0, 0.1) is 0 Å². The summed E-state index contributed by atoms with van der Waals surface area (Å²) >= 11 is 11.9. The van der Waals surface area contributed by atoms with Crippen molar-refractivity contribution in [2.24, 2.45) is 0 Å². The molecule has 1 N–H and O–H groups in total. The van der Waals surface area contributed by atoms with Crippen LogP contribution in [0.1, 0.15) is 12.6 Å². The smallest absolute Gasteiger partial charge is 0.139 e. The first-order valence-corrected chi connectivity index (χ1v) is 7.12. The monoisotopic (exact) mass is 314 g/mol. The van der Waals surface area contributed by atoms with E-state index in [9.17, 15) is 0 Å². The molecular weight excluding hydrogens is 299 g/mol. The van der Waals surface area contributed by atoms with Crippen LogP contribution in [0.2, 0.25) is 10.0 Å². The van der Waals surface area contributed by atoms with Gasteiger partial charge in [0.2, 0.25) is 0 Å². The highest BCUT2D eigenvalue weighted by molar-refractivity contribution is 6.34. The Morgan fingerprint density at radius 3 is 3.00 bits per heavy atom. The van der Waals surface area contributed by atoms with Gasteiger partial charge in [0.1, 0.15) is 12.4 Å². The quantitative estimate of drug-likeness (QED) is 0.853. The fourth-order valence-electron chi connectivity index (χ4n) is 1.62. The molecule has 0 aliphatic rings. The van der Waals surface area contributed by atoms with Gasteiger partial charge in [0.05, 0.1) is 17.3 Å². The van der Waals surface area contributed by atoms with E-state index in [1.54, 1.807) is 22.9 Å². The Labute approximate surface area is 127 Å². The van der Waals surface area contributed by atoms with Crippen LogP contribution in [-0.2, 0) is 13.1 Å². The maximum absolute atomic E-state index is 6.01. The topological polar surface area (TPSA) is 52.0 Å². The minimum Gasteiger partial charge on any atom is -0.490 e. The molecule has 0 aliphatic carbocycles. The Hall–Kier alpha value is -1.30. The number of rotatable bonds is 7. The molecular formula is C13H16Cl2N4O. The predicted molar refractivity (Wildman–Crippen MR) is 79.4 cm³/mol. The van der Waals surface area contributed by atoms with Gasteiger partial charge in [-0.25, -0.2) is 4.68 Å². The molecule has 108 valence electrons. The summed E-state index contributed by atoms with van der Waals surface area (Å²) in [5, 5.41) is 12.4. The molecule has 0 fully saturated rings. The lowest BCUT2D eigenvalue weighted by atomic mass is 10.3. The number of hydrogen-bond donors (Lipinski definition) is 1. The van der Waals surface area contributed by atoms with Gasteiger partial charge in [-0.1, -0.05) is 35.3 Å². The van der Waals surface area contributed by atoms with Gasteiger partial charge >= 0.3 is 0 Å². The molecule has 2 aromatic rings. The van der Waals surface area contributed by atoms with E-state index in [1.807, 2.05) is 13.1 Å². The molecule has 1 heterocycles. The lowest BCUT2D eigenvalue weighted by molar-refractivity contribution is 0.290. The van der Waals surface area contributed by atoms with Crippen molar-refractivity contribution in [3.8, 4) is 5.75 Å². The first kappa shape index (κ1) is 15.1. The van der Waals surface area contributed by atoms with Crippen molar-refractivity contribution >= 4 is 23.2 Å². The van der Waals surface area contributed by atoms with Crippen LogP contribution in [0.15, 0.2) is 24.4 Å². The van der Waals surface area contributed by atoms with Crippen molar-refractivity contribution in [1.29, 1.82) is 0 Å². The van der Waals surface area contributed by atoms with E-state index in [0.29, 0.717) is 28.9 Å². The van der Waals surface area contributed by atoms with E-state index in [4.69, 9.17) is 27.9 Å². The van der Waals surface area contributed by atoms with Gasteiger partial charge < -0.3 is 10.1 Å². The van der Waals surface area contributed by atoms with Gasteiger partial charge in [-0.2, -0.15) is 0 Å². The number of nitrogens with zero attached hydrogens (tertiary/aromatic N) is 3.